The summed E-state index contributed by atoms with van der Waals surface area (Å²) in [6.07, 6.45) is 2.31. The number of aryl methyl sites for hydroxylation is 2. The molecule has 1 saturated carbocycles. The summed E-state index contributed by atoms with van der Waals surface area (Å²) < 4.78 is 7.41. The molecule has 5 nitrogen and oxygen atoms in total. The van der Waals surface area contributed by atoms with E-state index in [4.69, 9.17) is 4.74 Å². The third kappa shape index (κ3) is 2.40. The first-order chi connectivity index (χ1) is 9.16. The molecule has 0 aromatic carbocycles. The quantitative estimate of drug-likeness (QED) is 0.806. The minimum absolute atomic E-state index is 0.186. The number of thiophene rings is 1. The van der Waals surface area contributed by atoms with E-state index in [1.54, 1.807) is 0 Å². The molecule has 0 unspecified atom stereocenters. The normalized spacial score (nSPS) is 14.6. The molecule has 0 atom stereocenters. The first-order valence-electron chi connectivity index (χ1n) is 6.27. The van der Waals surface area contributed by atoms with Crippen molar-refractivity contribution in [2.24, 2.45) is 0 Å². The fourth-order valence-electron chi connectivity index (χ4n) is 2.10. The zero-order valence-electron chi connectivity index (χ0n) is 10.9. The van der Waals surface area contributed by atoms with Gasteiger partial charge in [0.05, 0.1) is 5.56 Å². The number of esters is 1. The van der Waals surface area contributed by atoms with Gasteiger partial charge >= 0.3 is 5.97 Å². The summed E-state index contributed by atoms with van der Waals surface area (Å²) in [5.41, 5.74) is 1.59. The minimum Gasteiger partial charge on any atom is -0.454 e. The average Bonchev–Trinajstić information content (AvgIpc) is 3.02. The number of nitrogens with zero attached hydrogens (tertiary/aromatic N) is 3. The van der Waals surface area contributed by atoms with E-state index < -0.39 is 0 Å². The fraction of sp³-hybridized carbons (Fsp3) is 0.462. The topological polar surface area (TPSA) is 57.0 Å². The zero-order chi connectivity index (χ0) is 13.4. The monoisotopic (exact) mass is 277 g/mol. The van der Waals surface area contributed by atoms with Gasteiger partial charge in [-0.1, -0.05) is 0 Å². The molecule has 6 heteroatoms. The molecule has 0 saturated heterocycles. The van der Waals surface area contributed by atoms with Gasteiger partial charge in [0.25, 0.3) is 0 Å². The number of ether oxygens (including phenoxy) is 1. The van der Waals surface area contributed by atoms with Crippen LogP contribution < -0.4 is 0 Å². The van der Waals surface area contributed by atoms with Crippen LogP contribution in [0.2, 0.25) is 0 Å². The molecule has 0 aliphatic heterocycles. The summed E-state index contributed by atoms with van der Waals surface area (Å²) in [4.78, 5) is 11.9. The predicted molar refractivity (Wildman–Crippen MR) is 71.2 cm³/mol. The molecule has 0 bridgehead atoms. The highest BCUT2D eigenvalue weighted by Crippen LogP contribution is 2.36. The maximum absolute atomic E-state index is 11.9. The first-order valence-corrected chi connectivity index (χ1v) is 7.21. The van der Waals surface area contributed by atoms with Crippen molar-refractivity contribution in [3.8, 4) is 0 Å². The molecule has 1 aliphatic carbocycles. The summed E-state index contributed by atoms with van der Waals surface area (Å²) in [6, 6.07) is 0.492. The van der Waals surface area contributed by atoms with Gasteiger partial charge in [-0.15, -0.1) is 10.2 Å². The van der Waals surface area contributed by atoms with E-state index in [2.05, 4.69) is 14.8 Å². The highest BCUT2D eigenvalue weighted by molar-refractivity contribution is 7.08. The van der Waals surface area contributed by atoms with Gasteiger partial charge in [0.15, 0.2) is 12.4 Å². The van der Waals surface area contributed by atoms with Gasteiger partial charge < -0.3 is 9.30 Å². The van der Waals surface area contributed by atoms with E-state index in [1.807, 2.05) is 24.6 Å². The average molecular weight is 277 g/mol. The van der Waals surface area contributed by atoms with Gasteiger partial charge in [-0.25, -0.2) is 4.79 Å². The van der Waals surface area contributed by atoms with Crippen LogP contribution in [-0.4, -0.2) is 20.7 Å². The van der Waals surface area contributed by atoms with Crippen LogP contribution in [0, 0.1) is 13.8 Å². The van der Waals surface area contributed by atoms with Crippen molar-refractivity contribution in [1.29, 1.82) is 0 Å². The third-order valence-electron chi connectivity index (χ3n) is 3.26. The summed E-state index contributed by atoms with van der Waals surface area (Å²) in [7, 11) is 0. The van der Waals surface area contributed by atoms with Crippen LogP contribution in [-0.2, 0) is 11.3 Å². The molecule has 2 aromatic heterocycles. The molecule has 0 N–H and O–H groups in total. The maximum Gasteiger partial charge on any atom is 0.339 e. The van der Waals surface area contributed by atoms with Gasteiger partial charge in [0.1, 0.15) is 5.82 Å². The number of hydrogen-bond acceptors (Lipinski definition) is 5. The van der Waals surface area contributed by atoms with Crippen molar-refractivity contribution in [2.75, 3.05) is 0 Å². The molecule has 2 heterocycles. The molecule has 0 radical (unpaired) electrons. The summed E-state index contributed by atoms with van der Waals surface area (Å²) in [5, 5.41) is 11.9. The fourth-order valence-corrected chi connectivity index (χ4v) is 2.91. The summed E-state index contributed by atoms with van der Waals surface area (Å²) in [5.74, 6) is 1.34. The summed E-state index contributed by atoms with van der Waals surface area (Å²) >= 11 is 1.50. The molecule has 19 heavy (non-hydrogen) atoms. The second-order valence-corrected chi connectivity index (χ2v) is 5.55. The van der Waals surface area contributed by atoms with Crippen LogP contribution in [0.3, 0.4) is 0 Å². The van der Waals surface area contributed by atoms with Crippen LogP contribution in [0.5, 0.6) is 0 Å². The van der Waals surface area contributed by atoms with Crippen LogP contribution in [0.4, 0.5) is 0 Å². The molecular formula is C13H15N3O2S. The maximum atomic E-state index is 11.9. The van der Waals surface area contributed by atoms with Crippen molar-refractivity contribution in [1.82, 2.24) is 14.8 Å². The lowest BCUT2D eigenvalue weighted by molar-refractivity contribution is 0.0457. The van der Waals surface area contributed by atoms with Crippen LogP contribution >= 0.6 is 11.3 Å². The van der Waals surface area contributed by atoms with E-state index in [9.17, 15) is 4.79 Å². The highest BCUT2D eigenvalue weighted by atomic mass is 32.1. The molecule has 1 fully saturated rings. The van der Waals surface area contributed by atoms with Crippen LogP contribution in [0.15, 0.2) is 10.8 Å². The number of rotatable bonds is 4. The first kappa shape index (κ1) is 12.3. The Hall–Kier alpha value is -1.69. The number of aromatic nitrogens is 3. The molecular weight excluding hydrogens is 262 g/mol. The van der Waals surface area contributed by atoms with Gasteiger partial charge in [-0.3, -0.25) is 0 Å². The van der Waals surface area contributed by atoms with Crippen molar-refractivity contribution in [3.05, 3.63) is 33.5 Å². The predicted octanol–water partition coefficient (Wildman–Crippen LogP) is 2.65. The minimum atomic E-state index is -0.290. The second kappa shape index (κ2) is 4.77. The van der Waals surface area contributed by atoms with E-state index >= 15 is 0 Å². The third-order valence-corrected chi connectivity index (χ3v) is 4.12. The lowest BCUT2D eigenvalue weighted by Gasteiger charge is -2.07. The Morgan fingerprint density at radius 3 is 2.84 bits per heavy atom. The Labute approximate surface area is 115 Å². The van der Waals surface area contributed by atoms with Crippen molar-refractivity contribution in [3.63, 3.8) is 0 Å². The molecule has 3 rings (SSSR count). The van der Waals surface area contributed by atoms with Gasteiger partial charge in [-0.2, -0.15) is 11.3 Å². The van der Waals surface area contributed by atoms with Gasteiger partial charge in [-0.05, 0) is 37.6 Å². The molecule has 2 aromatic rings. The standard InChI is InChI=1S/C13H15N3O2S/c1-8-6-19-7-11(8)13(17)18-5-12-15-14-9(2)16(12)10-3-4-10/h6-7,10H,3-5H2,1-2H3. The lowest BCUT2D eigenvalue weighted by Crippen LogP contribution is -2.10. The second-order valence-electron chi connectivity index (χ2n) is 4.81. The number of carbonyl (C=O) groups excluding carboxylic acids is 1. The Morgan fingerprint density at radius 1 is 1.42 bits per heavy atom. The van der Waals surface area contributed by atoms with Gasteiger partial charge in [0, 0.05) is 11.4 Å². The smallest absolute Gasteiger partial charge is 0.339 e. The zero-order valence-corrected chi connectivity index (χ0v) is 11.7. The van der Waals surface area contributed by atoms with E-state index in [0.29, 0.717) is 11.6 Å². The van der Waals surface area contributed by atoms with E-state index in [1.165, 1.54) is 11.3 Å². The molecule has 100 valence electrons. The Morgan fingerprint density at radius 2 is 2.21 bits per heavy atom. The van der Waals surface area contributed by atoms with E-state index in [-0.39, 0.29) is 12.6 Å². The molecule has 0 amide bonds. The largest absolute Gasteiger partial charge is 0.454 e. The number of hydrogen-bond donors (Lipinski definition) is 0. The molecule has 1 aliphatic rings. The highest BCUT2D eigenvalue weighted by Gasteiger charge is 2.28. The van der Waals surface area contributed by atoms with Crippen LogP contribution in [0.1, 0.15) is 46.5 Å². The Bertz CT molecular complexity index is 613. The van der Waals surface area contributed by atoms with Crippen molar-refractivity contribution in [2.45, 2.75) is 39.3 Å². The van der Waals surface area contributed by atoms with Crippen LogP contribution in [0.25, 0.3) is 0 Å². The Balaban J connectivity index is 1.70. The van der Waals surface area contributed by atoms with E-state index in [0.717, 1.165) is 30.1 Å². The summed E-state index contributed by atoms with van der Waals surface area (Å²) in [6.45, 7) is 4.02. The Kier molecular flexibility index (Phi) is 3.10. The van der Waals surface area contributed by atoms with Crippen molar-refractivity contribution < 1.29 is 9.53 Å². The number of carbonyl (C=O) groups is 1. The SMILES string of the molecule is Cc1cscc1C(=O)OCc1nnc(C)n1C1CC1. The van der Waals surface area contributed by atoms with Gasteiger partial charge in [0.2, 0.25) is 0 Å². The molecule has 0 spiro atoms. The lowest BCUT2D eigenvalue weighted by atomic mass is 10.2. The van der Waals surface area contributed by atoms with Crippen molar-refractivity contribution >= 4 is 17.3 Å².